The molecule has 112 valence electrons. The zero-order chi connectivity index (χ0) is 15.1. The number of benzene rings is 1. The Bertz CT molecular complexity index is 577. The maximum Gasteiger partial charge on any atom is 0.119 e. The second-order valence-electron chi connectivity index (χ2n) is 4.92. The molecule has 2 rings (SSSR count). The quantitative estimate of drug-likeness (QED) is 0.762. The van der Waals surface area contributed by atoms with Gasteiger partial charge in [-0.15, -0.1) is 0 Å². The Labute approximate surface area is 130 Å². The van der Waals surface area contributed by atoms with Crippen molar-refractivity contribution in [1.29, 1.82) is 0 Å². The van der Waals surface area contributed by atoms with E-state index in [1.165, 1.54) is 0 Å². The summed E-state index contributed by atoms with van der Waals surface area (Å²) in [5, 5.41) is 0. The van der Waals surface area contributed by atoms with Crippen LogP contribution in [0.25, 0.3) is 0 Å². The monoisotopic (exact) mass is 303 g/mol. The van der Waals surface area contributed by atoms with Crippen molar-refractivity contribution >= 4 is 17.2 Å². The number of thiocarbonyl (C=S) groups is 1. The average molecular weight is 303 g/mol. The summed E-state index contributed by atoms with van der Waals surface area (Å²) < 4.78 is 7.90. The van der Waals surface area contributed by atoms with Crippen molar-refractivity contribution in [2.75, 3.05) is 6.61 Å². The van der Waals surface area contributed by atoms with Crippen LogP contribution in [0, 0.1) is 0 Å². The summed E-state index contributed by atoms with van der Waals surface area (Å²) in [6, 6.07) is 7.89. The minimum Gasteiger partial charge on any atom is -0.492 e. The molecule has 4 nitrogen and oxygen atoms in total. The van der Waals surface area contributed by atoms with E-state index in [0.717, 1.165) is 36.5 Å². The van der Waals surface area contributed by atoms with Gasteiger partial charge in [-0.25, -0.2) is 4.98 Å². The van der Waals surface area contributed by atoms with E-state index in [9.17, 15) is 0 Å². The number of rotatable bonds is 8. The number of nitrogens with zero attached hydrogens (tertiary/aromatic N) is 2. The van der Waals surface area contributed by atoms with E-state index in [1.807, 2.05) is 36.7 Å². The highest BCUT2D eigenvalue weighted by atomic mass is 32.1. The lowest BCUT2D eigenvalue weighted by Gasteiger charge is -2.10. The fourth-order valence-electron chi connectivity index (χ4n) is 2.16. The van der Waals surface area contributed by atoms with Gasteiger partial charge in [0.25, 0.3) is 0 Å². The van der Waals surface area contributed by atoms with Gasteiger partial charge >= 0.3 is 0 Å². The first-order valence-electron chi connectivity index (χ1n) is 7.19. The Kier molecular flexibility index (Phi) is 5.75. The van der Waals surface area contributed by atoms with E-state index in [4.69, 9.17) is 22.7 Å². The van der Waals surface area contributed by atoms with Crippen molar-refractivity contribution in [3.8, 4) is 5.75 Å². The van der Waals surface area contributed by atoms with E-state index in [1.54, 1.807) is 0 Å². The molecule has 0 atom stereocenters. The Morgan fingerprint density at radius 1 is 1.33 bits per heavy atom. The van der Waals surface area contributed by atoms with E-state index in [-0.39, 0.29) is 0 Å². The third kappa shape index (κ3) is 4.86. The van der Waals surface area contributed by atoms with Crippen LogP contribution in [0.2, 0.25) is 0 Å². The van der Waals surface area contributed by atoms with Gasteiger partial charge in [-0.1, -0.05) is 31.3 Å². The van der Waals surface area contributed by atoms with Gasteiger partial charge in [0.05, 0.1) is 11.5 Å². The van der Waals surface area contributed by atoms with Crippen LogP contribution < -0.4 is 10.5 Å². The molecule has 0 aliphatic heterocycles. The molecule has 2 N–H and O–H groups in total. The van der Waals surface area contributed by atoms with Crippen molar-refractivity contribution in [3.63, 3.8) is 0 Å². The van der Waals surface area contributed by atoms with Gasteiger partial charge in [-0.05, 0) is 24.1 Å². The minimum absolute atomic E-state index is 0.507. The van der Waals surface area contributed by atoms with Crippen LogP contribution in [0.3, 0.4) is 0 Å². The zero-order valence-corrected chi connectivity index (χ0v) is 13.1. The van der Waals surface area contributed by atoms with E-state index in [0.29, 0.717) is 18.0 Å². The Morgan fingerprint density at radius 2 is 2.10 bits per heavy atom. The van der Waals surface area contributed by atoms with Crippen LogP contribution >= 0.6 is 12.2 Å². The SMILES string of the molecule is CCCc1nccn1CCOc1ccc(CC(N)=S)cc1. The molecule has 1 heterocycles. The van der Waals surface area contributed by atoms with E-state index < -0.39 is 0 Å². The Hall–Kier alpha value is -1.88. The highest BCUT2D eigenvalue weighted by Gasteiger charge is 2.02. The van der Waals surface area contributed by atoms with Crippen LogP contribution in [-0.2, 0) is 19.4 Å². The molecule has 0 radical (unpaired) electrons. The number of aryl methyl sites for hydroxylation is 1. The summed E-state index contributed by atoms with van der Waals surface area (Å²) in [6.45, 7) is 3.59. The van der Waals surface area contributed by atoms with Crippen molar-refractivity contribution < 1.29 is 4.74 Å². The molecule has 1 aromatic carbocycles. The maximum absolute atomic E-state index is 5.76. The first-order valence-corrected chi connectivity index (χ1v) is 7.60. The number of ether oxygens (including phenoxy) is 1. The van der Waals surface area contributed by atoms with Crippen molar-refractivity contribution in [2.45, 2.75) is 32.7 Å². The Morgan fingerprint density at radius 3 is 2.76 bits per heavy atom. The fraction of sp³-hybridized carbons (Fsp3) is 0.375. The number of hydrogen-bond acceptors (Lipinski definition) is 3. The summed E-state index contributed by atoms with van der Waals surface area (Å²) in [7, 11) is 0. The third-order valence-corrected chi connectivity index (χ3v) is 3.32. The van der Waals surface area contributed by atoms with Crippen LogP contribution in [0.4, 0.5) is 0 Å². The maximum atomic E-state index is 5.76. The van der Waals surface area contributed by atoms with Crippen molar-refractivity contribution in [2.24, 2.45) is 5.73 Å². The first kappa shape index (κ1) is 15.5. The average Bonchev–Trinajstić information content (AvgIpc) is 2.88. The van der Waals surface area contributed by atoms with Gasteiger partial charge in [0.15, 0.2) is 0 Å². The van der Waals surface area contributed by atoms with E-state index in [2.05, 4.69) is 16.5 Å². The molecule has 5 heteroatoms. The lowest BCUT2D eigenvalue weighted by molar-refractivity contribution is 0.296. The Balaban J connectivity index is 1.83. The van der Waals surface area contributed by atoms with E-state index >= 15 is 0 Å². The highest BCUT2D eigenvalue weighted by Crippen LogP contribution is 2.13. The van der Waals surface area contributed by atoms with Crippen LogP contribution in [0.5, 0.6) is 5.75 Å². The van der Waals surface area contributed by atoms with Gasteiger partial charge in [-0.3, -0.25) is 0 Å². The van der Waals surface area contributed by atoms with Crippen LogP contribution in [-0.4, -0.2) is 21.1 Å². The normalized spacial score (nSPS) is 10.5. The zero-order valence-electron chi connectivity index (χ0n) is 12.3. The molecular formula is C16H21N3OS. The summed E-state index contributed by atoms with van der Waals surface area (Å²) in [5.41, 5.74) is 6.63. The van der Waals surface area contributed by atoms with Gasteiger partial charge < -0.3 is 15.0 Å². The van der Waals surface area contributed by atoms with Crippen LogP contribution in [0.15, 0.2) is 36.7 Å². The third-order valence-electron chi connectivity index (χ3n) is 3.18. The van der Waals surface area contributed by atoms with Crippen LogP contribution in [0.1, 0.15) is 24.7 Å². The number of aromatic nitrogens is 2. The molecular weight excluding hydrogens is 282 g/mol. The minimum atomic E-state index is 0.507. The molecule has 0 fully saturated rings. The number of nitrogens with two attached hydrogens (primary N) is 1. The number of imidazole rings is 1. The topological polar surface area (TPSA) is 53.1 Å². The predicted octanol–water partition coefficient (Wildman–Crippen LogP) is 2.74. The fourth-order valence-corrected chi connectivity index (χ4v) is 2.33. The molecule has 0 saturated carbocycles. The van der Waals surface area contributed by atoms with Gasteiger partial charge in [0.2, 0.25) is 0 Å². The lowest BCUT2D eigenvalue weighted by Crippen LogP contribution is -2.11. The molecule has 0 bridgehead atoms. The predicted molar refractivity (Wildman–Crippen MR) is 88.6 cm³/mol. The molecule has 0 amide bonds. The molecule has 2 aromatic rings. The summed E-state index contributed by atoms with van der Waals surface area (Å²) in [5.74, 6) is 1.98. The summed E-state index contributed by atoms with van der Waals surface area (Å²) in [6.07, 6.45) is 6.57. The standard InChI is InChI=1S/C16H21N3OS/c1-2-3-16-18-8-9-19(16)10-11-20-14-6-4-13(5-7-14)12-15(17)21/h4-9H,2-3,10-12H2,1H3,(H2,17,21). The second kappa shape index (κ2) is 7.78. The molecule has 0 aliphatic carbocycles. The smallest absolute Gasteiger partial charge is 0.119 e. The molecule has 0 unspecified atom stereocenters. The largest absolute Gasteiger partial charge is 0.492 e. The number of hydrogen-bond donors (Lipinski definition) is 1. The summed E-state index contributed by atoms with van der Waals surface area (Å²) >= 11 is 4.90. The van der Waals surface area contributed by atoms with Crippen molar-refractivity contribution in [1.82, 2.24) is 9.55 Å². The molecule has 0 saturated heterocycles. The molecule has 0 aliphatic rings. The van der Waals surface area contributed by atoms with Crippen molar-refractivity contribution in [3.05, 3.63) is 48.0 Å². The highest BCUT2D eigenvalue weighted by molar-refractivity contribution is 7.80. The van der Waals surface area contributed by atoms with Gasteiger partial charge in [0.1, 0.15) is 18.2 Å². The lowest BCUT2D eigenvalue weighted by atomic mass is 10.1. The van der Waals surface area contributed by atoms with Gasteiger partial charge in [0, 0.05) is 25.2 Å². The van der Waals surface area contributed by atoms with Gasteiger partial charge in [-0.2, -0.15) is 0 Å². The molecule has 21 heavy (non-hydrogen) atoms. The molecule has 1 aromatic heterocycles. The first-order chi connectivity index (χ1) is 10.2. The summed E-state index contributed by atoms with van der Waals surface area (Å²) in [4.78, 5) is 4.86. The second-order valence-corrected chi connectivity index (χ2v) is 5.45. The molecule has 0 spiro atoms.